The quantitative estimate of drug-likeness (QED) is 0.197. The van der Waals surface area contributed by atoms with Crippen LogP contribution in [0, 0.1) is 0 Å². The Bertz CT molecular complexity index is 2100. The normalized spacial score (nSPS) is 12.1. The number of anilines is 1. The Morgan fingerprint density at radius 1 is 0.750 bits per heavy atom. The number of ether oxygens (including phenoxy) is 3. The van der Waals surface area contributed by atoms with E-state index in [4.69, 9.17) is 29.2 Å². The van der Waals surface area contributed by atoms with Gasteiger partial charge >= 0.3 is 6.01 Å². The molecule has 8 heteroatoms. The second kappa shape index (κ2) is 11.1. The van der Waals surface area contributed by atoms with Crippen LogP contribution < -0.4 is 19.5 Å². The van der Waals surface area contributed by atoms with Crippen molar-refractivity contribution in [3.63, 3.8) is 0 Å². The fourth-order valence-corrected chi connectivity index (χ4v) is 5.51. The number of fused-ring (bicyclic) bond motifs is 3. The van der Waals surface area contributed by atoms with E-state index >= 15 is 0 Å². The van der Waals surface area contributed by atoms with Gasteiger partial charge in [-0.2, -0.15) is 9.97 Å². The molecule has 1 N–H and O–H groups in total. The van der Waals surface area contributed by atoms with Crippen LogP contribution in [-0.4, -0.2) is 26.3 Å². The molecule has 0 atom stereocenters. The molecule has 214 valence electrons. The van der Waals surface area contributed by atoms with E-state index in [0.717, 1.165) is 11.1 Å². The zero-order valence-electron chi connectivity index (χ0n) is 23.7. The average Bonchev–Trinajstić information content (AvgIpc) is 3.71. The van der Waals surface area contributed by atoms with Crippen LogP contribution in [0.3, 0.4) is 0 Å². The molecule has 0 unspecified atom stereocenters. The Labute approximate surface area is 253 Å². The van der Waals surface area contributed by atoms with Crippen LogP contribution in [0.25, 0.3) is 33.1 Å². The molecule has 3 heterocycles. The van der Waals surface area contributed by atoms with E-state index in [2.05, 4.69) is 96.3 Å². The van der Waals surface area contributed by atoms with Crippen LogP contribution in [0.1, 0.15) is 11.1 Å². The molecular formula is C36H27N5O3. The predicted molar refractivity (Wildman–Crippen MR) is 170 cm³/mol. The van der Waals surface area contributed by atoms with Crippen molar-refractivity contribution in [1.29, 1.82) is 0 Å². The van der Waals surface area contributed by atoms with Gasteiger partial charge in [-0.1, -0.05) is 97.1 Å². The Balaban J connectivity index is 1.13. The summed E-state index contributed by atoms with van der Waals surface area (Å²) in [7, 11) is 0. The molecular weight excluding hydrogens is 550 g/mol. The number of aromatic nitrogens is 4. The molecule has 5 aromatic carbocycles. The highest BCUT2D eigenvalue weighted by molar-refractivity contribution is 5.87. The van der Waals surface area contributed by atoms with Gasteiger partial charge < -0.3 is 24.1 Å². The summed E-state index contributed by atoms with van der Waals surface area (Å²) in [6, 6.07) is 39.2. The molecule has 0 fully saturated rings. The summed E-state index contributed by atoms with van der Waals surface area (Å²) in [5, 5.41) is 5.89. The highest BCUT2D eigenvalue weighted by Crippen LogP contribution is 2.36. The number of benzene rings is 5. The van der Waals surface area contributed by atoms with Gasteiger partial charge in [-0.05, 0) is 45.2 Å². The second-order valence-electron chi connectivity index (χ2n) is 10.6. The molecule has 0 radical (unpaired) electrons. The van der Waals surface area contributed by atoms with E-state index in [0.29, 0.717) is 47.3 Å². The van der Waals surface area contributed by atoms with Gasteiger partial charge in [0.1, 0.15) is 5.75 Å². The topological polar surface area (TPSA) is 83.3 Å². The van der Waals surface area contributed by atoms with Gasteiger partial charge in [0.25, 0.3) is 0 Å². The minimum atomic E-state index is 0.189. The van der Waals surface area contributed by atoms with Crippen molar-refractivity contribution in [1.82, 2.24) is 19.5 Å². The lowest BCUT2D eigenvalue weighted by atomic mass is 10.0. The molecule has 1 aliphatic rings. The molecule has 7 aromatic rings. The predicted octanol–water partition coefficient (Wildman–Crippen LogP) is 7.83. The minimum absolute atomic E-state index is 0.189. The molecule has 0 amide bonds. The lowest BCUT2D eigenvalue weighted by molar-refractivity contribution is 0.174. The van der Waals surface area contributed by atoms with Crippen molar-refractivity contribution < 1.29 is 14.2 Å². The standard InChI is InChI=1S/C36H27N5O3/c1-2-7-25(8-3-1)26-15-13-24(14-16-26)21-41-22-38-33-34(37-20-28-11-6-10-27-9-4-5-12-30(27)28)39-36(40-35(33)41)44-29-17-18-31-32(19-29)43-23-42-31/h1-19,22H,20-21,23H2,(H,37,39,40). The maximum absolute atomic E-state index is 6.18. The Morgan fingerprint density at radius 3 is 2.45 bits per heavy atom. The number of rotatable bonds is 8. The SMILES string of the molecule is c1ccc(-c2ccc(Cn3cnc4c(NCc5cccc6ccccc56)nc(Oc5ccc6c(c5)OCO6)nc43)cc2)cc1. The van der Waals surface area contributed by atoms with E-state index in [1.54, 1.807) is 12.4 Å². The van der Waals surface area contributed by atoms with E-state index in [9.17, 15) is 0 Å². The zero-order valence-corrected chi connectivity index (χ0v) is 23.7. The van der Waals surface area contributed by atoms with Gasteiger partial charge in [-0.25, -0.2) is 4.98 Å². The van der Waals surface area contributed by atoms with Crippen molar-refractivity contribution in [3.8, 4) is 34.4 Å². The van der Waals surface area contributed by atoms with Gasteiger partial charge in [0.2, 0.25) is 6.79 Å². The third-order valence-electron chi connectivity index (χ3n) is 7.74. The highest BCUT2D eigenvalue weighted by Gasteiger charge is 2.18. The molecule has 8 rings (SSSR count). The van der Waals surface area contributed by atoms with Crippen molar-refractivity contribution in [2.24, 2.45) is 0 Å². The first-order valence-electron chi connectivity index (χ1n) is 14.4. The molecule has 0 saturated carbocycles. The molecule has 8 nitrogen and oxygen atoms in total. The Morgan fingerprint density at radius 2 is 1.55 bits per heavy atom. The summed E-state index contributed by atoms with van der Waals surface area (Å²) in [5.41, 5.74) is 5.99. The van der Waals surface area contributed by atoms with Crippen molar-refractivity contribution in [3.05, 3.63) is 133 Å². The molecule has 2 aromatic heterocycles. The van der Waals surface area contributed by atoms with Gasteiger partial charge in [0.05, 0.1) is 12.9 Å². The highest BCUT2D eigenvalue weighted by atomic mass is 16.7. The van der Waals surface area contributed by atoms with Gasteiger partial charge in [0, 0.05) is 12.6 Å². The van der Waals surface area contributed by atoms with E-state index in [-0.39, 0.29) is 12.8 Å². The zero-order chi connectivity index (χ0) is 29.3. The van der Waals surface area contributed by atoms with Crippen LogP contribution in [-0.2, 0) is 13.1 Å². The first kappa shape index (κ1) is 25.8. The summed E-state index contributed by atoms with van der Waals surface area (Å²) >= 11 is 0. The Kier molecular flexibility index (Phi) is 6.49. The second-order valence-corrected chi connectivity index (χ2v) is 10.6. The first-order valence-corrected chi connectivity index (χ1v) is 14.4. The van der Waals surface area contributed by atoms with Gasteiger partial charge in [-0.3, -0.25) is 0 Å². The summed E-state index contributed by atoms with van der Waals surface area (Å²) in [6.45, 7) is 1.34. The monoisotopic (exact) mass is 577 g/mol. The molecule has 44 heavy (non-hydrogen) atoms. The Hall–Kier alpha value is -5.89. The number of imidazole rings is 1. The number of nitrogens with zero attached hydrogens (tertiary/aromatic N) is 4. The van der Waals surface area contributed by atoms with Crippen LogP contribution in [0.4, 0.5) is 5.82 Å². The maximum Gasteiger partial charge on any atom is 0.326 e. The minimum Gasteiger partial charge on any atom is -0.454 e. The molecule has 1 aliphatic heterocycles. The average molecular weight is 578 g/mol. The maximum atomic E-state index is 6.18. The molecule has 0 bridgehead atoms. The van der Waals surface area contributed by atoms with Crippen LogP contribution >= 0.6 is 0 Å². The van der Waals surface area contributed by atoms with Crippen LogP contribution in [0.5, 0.6) is 23.3 Å². The van der Waals surface area contributed by atoms with E-state index in [1.807, 2.05) is 22.8 Å². The molecule has 0 aliphatic carbocycles. The first-order chi connectivity index (χ1) is 21.8. The number of hydrogen-bond acceptors (Lipinski definition) is 7. The summed E-state index contributed by atoms with van der Waals surface area (Å²) in [4.78, 5) is 14.3. The number of hydrogen-bond donors (Lipinski definition) is 1. The summed E-state index contributed by atoms with van der Waals surface area (Å²) < 4.78 is 19.2. The lowest BCUT2D eigenvalue weighted by Gasteiger charge is -2.12. The lowest BCUT2D eigenvalue weighted by Crippen LogP contribution is -2.06. The van der Waals surface area contributed by atoms with Crippen LogP contribution in [0.2, 0.25) is 0 Å². The van der Waals surface area contributed by atoms with E-state index in [1.165, 1.54) is 21.9 Å². The summed E-state index contributed by atoms with van der Waals surface area (Å²) in [6.07, 6.45) is 1.80. The fourth-order valence-electron chi connectivity index (χ4n) is 5.51. The third-order valence-corrected chi connectivity index (χ3v) is 7.74. The van der Waals surface area contributed by atoms with Crippen molar-refractivity contribution in [2.45, 2.75) is 13.1 Å². The van der Waals surface area contributed by atoms with E-state index < -0.39 is 0 Å². The van der Waals surface area contributed by atoms with Crippen molar-refractivity contribution >= 4 is 27.8 Å². The van der Waals surface area contributed by atoms with Crippen LogP contribution in [0.15, 0.2) is 122 Å². The third kappa shape index (κ3) is 5.03. The van der Waals surface area contributed by atoms with Crippen molar-refractivity contribution in [2.75, 3.05) is 12.1 Å². The fraction of sp³-hybridized carbons (Fsp3) is 0.0833. The smallest absolute Gasteiger partial charge is 0.326 e. The van der Waals surface area contributed by atoms with Gasteiger partial charge in [0.15, 0.2) is 28.5 Å². The molecule has 0 saturated heterocycles. The largest absolute Gasteiger partial charge is 0.454 e. The summed E-state index contributed by atoms with van der Waals surface area (Å²) in [5.74, 6) is 2.46. The number of nitrogens with one attached hydrogen (secondary N) is 1. The molecule has 0 spiro atoms. The van der Waals surface area contributed by atoms with Gasteiger partial charge in [-0.15, -0.1) is 0 Å².